The third-order valence-electron chi connectivity index (χ3n) is 4.94. The number of rotatable bonds is 7. The second-order valence-corrected chi connectivity index (χ2v) is 9.29. The molecular weight excluding hydrogens is 483 g/mol. The van der Waals surface area contributed by atoms with Crippen molar-refractivity contribution in [2.45, 2.75) is 17.6 Å². The third kappa shape index (κ3) is 5.55. The Labute approximate surface area is 198 Å². The lowest BCUT2D eigenvalue weighted by Gasteiger charge is -2.09. The summed E-state index contributed by atoms with van der Waals surface area (Å²) in [6.07, 6.45) is -2.08. The van der Waals surface area contributed by atoms with Gasteiger partial charge in [-0.25, -0.2) is 8.42 Å². The molecular formula is C25H18F3NO5S. The van der Waals surface area contributed by atoms with Gasteiger partial charge in [-0.05, 0) is 48.5 Å². The van der Waals surface area contributed by atoms with E-state index in [9.17, 15) is 26.4 Å². The van der Waals surface area contributed by atoms with E-state index in [0.29, 0.717) is 5.76 Å². The Bertz CT molecular complexity index is 1450. The fourth-order valence-electron chi connectivity index (χ4n) is 3.22. The van der Waals surface area contributed by atoms with Gasteiger partial charge in [0.2, 0.25) is 9.84 Å². The van der Waals surface area contributed by atoms with Gasteiger partial charge in [0.15, 0.2) is 0 Å². The molecule has 4 rings (SSSR count). The van der Waals surface area contributed by atoms with Gasteiger partial charge in [0.25, 0.3) is 5.91 Å². The maximum atomic E-state index is 13.3. The number of amides is 1. The van der Waals surface area contributed by atoms with Gasteiger partial charge < -0.3 is 14.2 Å². The van der Waals surface area contributed by atoms with E-state index in [4.69, 9.17) is 8.83 Å². The molecule has 1 amide bonds. The summed E-state index contributed by atoms with van der Waals surface area (Å²) in [4.78, 5) is 12.2. The van der Waals surface area contributed by atoms with E-state index >= 15 is 0 Å². The molecule has 0 aliphatic carbocycles. The van der Waals surface area contributed by atoms with E-state index in [2.05, 4.69) is 5.32 Å². The Balaban J connectivity index is 1.70. The summed E-state index contributed by atoms with van der Waals surface area (Å²) in [5.74, 6) is -0.434. The maximum Gasteiger partial charge on any atom is 0.416 e. The average Bonchev–Trinajstić information content (AvgIpc) is 3.53. The summed E-state index contributed by atoms with van der Waals surface area (Å²) in [5, 5.41) is 2.50. The van der Waals surface area contributed by atoms with Crippen molar-refractivity contribution in [1.29, 1.82) is 0 Å². The third-order valence-corrected chi connectivity index (χ3v) is 6.72. The number of benzene rings is 2. The van der Waals surface area contributed by atoms with Crippen LogP contribution in [0.15, 0.2) is 104 Å². The molecule has 0 saturated carbocycles. The summed E-state index contributed by atoms with van der Waals surface area (Å²) < 4.78 is 76.4. The molecule has 6 nitrogen and oxygen atoms in total. The smallest absolute Gasteiger partial charge is 0.416 e. The number of nitrogens with one attached hydrogen (secondary N) is 1. The predicted octanol–water partition coefficient (Wildman–Crippen LogP) is 5.69. The van der Waals surface area contributed by atoms with E-state index in [1.165, 1.54) is 54.8 Å². The number of halogens is 3. The molecule has 2 heterocycles. The Hall–Kier alpha value is -4.05. The lowest BCUT2D eigenvalue weighted by Crippen LogP contribution is -2.28. The minimum atomic E-state index is -4.53. The first-order chi connectivity index (χ1) is 16.6. The first-order valence-electron chi connectivity index (χ1n) is 10.2. The topological polar surface area (TPSA) is 89.5 Å². The Morgan fingerprint density at radius 2 is 1.71 bits per heavy atom. The number of alkyl halides is 3. The molecule has 1 N–H and O–H groups in total. The van der Waals surface area contributed by atoms with Crippen molar-refractivity contribution in [3.05, 3.63) is 107 Å². The van der Waals surface area contributed by atoms with Crippen LogP contribution in [-0.4, -0.2) is 14.3 Å². The first-order valence-corrected chi connectivity index (χ1v) is 11.7. The second kappa shape index (κ2) is 9.67. The highest BCUT2D eigenvalue weighted by molar-refractivity contribution is 7.96. The van der Waals surface area contributed by atoms with E-state index in [-0.39, 0.29) is 28.5 Å². The van der Waals surface area contributed by atoms with Gasteiger partial charge in [-0.1, -0.05) is 30.3 Å². The zero-order chi connectivity index (χ0) is 25.1. The molecule has 10 heteroatoms. The van der Waals surface area contributed by atoms with Crippen molar-refractivity contribution in [1.82, 2.24) is 5.32 Å². The van der Waals surface area contributed by atoms with Crippen LogP contribution in [0.2, 0.25) is 0 Å². The molecule has 0 fully saturated rings. The Kier molecular flexibility index (Phi) is 6.65. The summed E-state index contributed by atoms with van der Waals surface area (Å²) >= 11 is 0. The zero-order valence-corrected chi connectivity index (χ0v) is 18.8. The number of carbonyl (C=O) groups is 1. The standard InChI is InChI=1S/C25H18F3NO5S/c26-25(27,28)18-7-4-6-17(14-18)22-12-11-19(34-22)15-23(24(30)29-16-20-8-5-13-33-20)35(31,32)21-9-2-1-3-10-21/h1-15H,16H2,(H,29,30). The van der Waals surface area contributed by atoms with Crippen LogP contribution in [0, 0.1) is 0 Å². The van der Waals surface area contributed by atoms with Crippen LogP contribution in [-0.2, 0) is 27.4 Å². The highest BCUT2D eigenvalue weighted by Crippen LogP contribution is 2.33. The Morgan fingerprint density at radius 1 is 0.943 bits per heavy atom. The summed E-state index contributed by atoms with van der Waals surface area (Å²) in [5.41, 5.74) is -0.706. The van der Waals surface area contributed by atoms with Gasteiger partial charge in [0, 0.05) is 11.6 Å². The van der Waals surface area contributed by atoms with Crippen LogP contribution in [0.3, 0.4) is 0 Å². The number of sulfone groups is 1. The zero-order valence-electron chi connectivity index (χ0n) is 18.0. The minimum Gasteiger partial charge on any atom is -0.467 e. The normalized spacial score (nSPS) is 12.5. The van der Waals surface area contributed by atoms with E-state index in [0.717, 1.165) is 18.2 Å². The molecule has 0 aliphatic heterocycles. The highest BCUT2D eigenvalue weighted by Gasteiger charge is 2.31. The van der Waals surface area contributed by atoms with E-state index < -0.39 is 32.4 Å². The van der Waals surface area contributed by atoms with Crippen LogP contribution in [0.5, 0.6) is 0 Å². The molecule has 35 heavy (non-hydrogen) atoms. The van der Waals surface area contributed by atoms with E-state index in [1.807, 2.05) is 0 Å². The first kappa shape index (κ1) is 24.1. The molecule has 2 aromatic carbocycles. The predicted molar refractivity (Wildman–Crippen MR) is 121 cm³/mol. The quantitative estimate of drug-likeness (QED) is 0.329. The van der Waals surface area contributed by atoms with Crippen LogP contribution in [0.1, 0.15) is 17.1 Å². The van der Waals surface area contributed by atoms with Crippen LogP contribution in [0.4, 0.5) is 13.2 Å². The summed E-state index contributed by atoms with van der Waals surface area (Å²) in [6.45, 7) is -0.0544. The summed E-state index contributed by atoms with van der Waals surface area (Å²) in [7, 11) is -4.26. The van der Waals surface area contributed by atoms with Crippen molar-refractivity contribution >= 4 is 21.8 Å². The molecule has 2 aromatic heterocycles. The van der Waals surface area contributed by atoms with Crippen LogP contribution >= 0.6 is 0 Å². The van der Waals surface area contributed by atoms with Gasteiger partial charge in [-0.2, -0.15) is 13.2 Å². The van der Waals surface area contributed by atoms with Gasteiger partial charge in [-0.15, -0.1) is 0 Å². The van der Waals surface area contributed by atoms with Gasteiger partial charge in [0.1, 0.15) is 22.2 Å². The molecule has 0 atom stereocenters. The van der Waals surface area contributed by atoms with Crippen LogP contribution in [0.25, 0.3) is 17.4 Å². The second-order valence-electron chi connectivity index (χ2n) is 7.37. The monoisotopic (exact) mass is 501 g/mol. The summed E-state index contributed by atoms with van der Waals surface area (Å²) in [6, 6.07) is 17.9. The fourth-order valence-corrected chi connectivity index (χ4v) is 4.58. The Morgan fingerprint density at radius 3 is 2.40 bits per heavy atom. The largest absolute Gasteiger partial charge is 0.467 e. The number of hydrogen-bond acceptors (Lipinski definition) is 5. The van der Waals surface area contributed by atoms with Crippen molar-refractivity contribution in [2.75, 3.05) is 0 Å². The van der Waals surface area contributed by atoms with E-state index in [1.54, 1.807) is 18.2 Å². The minimum absolute atomic E-state index is 0.0277. The number of furan rings is 2. The van der Waals surface area contributed by atoms with Crippen LogP contribution < -0.4 is 5.32 Å². The van der Waals surface area contributed by atoms with Crippen molar-refractivity contribution in [3.8, 4) is 11.3 Å². The van der Waals surface area contributed by atoms with Crippen molar-refractivity contribution in [3.63, 3.8) is 0 Å². The lowest BCUT2D eigenvalue weighted by molar-refractivity contribution is -0.137. The number of hydrogen-bond donors (Lipinski definition) is 1. The molecule has 4 aromatic rings. The lowest BCUT2D eigenvalue weighted by atomic mass is 10.1. The molecule has 0 saturated heterocycles. The fraction of sp³-hybridized carbons (Fsp3) is 0.0800. The molecule has 0 radical (unpaired) electrons. The molecule has 0 aliphatic rings. The molecule has 0 spiro atoms. The molecule has 0 bridgehead atoms. The van der Waals surface area contributed by atoms with Gasteiger partial charge in [-0.3, -0.25) is 4.79 Å². The number of carbonyl (C=O) groups excluding carboxylic acids is 1. The van der Waals surface area contributed by atoms with Crippen molar-refractivity contribution < 1.29 is 35.2 Å². The van der Waals surface area contributed by atoms with Gasteiger partial charge in [0.05, 0.1) is 23.3 Å². The van der Waals surface area contributed by atoms with Crippen molar-refractivity contribution in [2.24, 2.45) is 0 Å². The maximum absolute atomic E-state index is 13.3. The average molecular weight is 501 g/mol. The van der Waals surface area contributed by atoms with Gasteiger partial charge >= 0.3 is 6.18 Å². The SMILES string of the molecule is O=C(NCc1ccco1)C(=Cc1ccc(-c2cccc(C(F)(F)F)c2)o1)S(=O)(=O)c1ccccc1. The highest BCUT2D eigenvalue weighted by atomic mass is 32.2. The molecule has 0 unspecified atom stereocenters. The molecule has 180 valence electrons.